The number of hydrogen-bond donors (Lipinski definition) is 0. The van der Waals surface area contributed by atoms with Gasteiger partial charge in [-0.2, -0.15) is 0 Å². The summed E-state index contributed by atoms with van der Waals surface area (Å²) in [4.78, 5) is 28.8. The van der Waals surface area contributed by atoms with Crippen LogP contribution in [0.5, 0.6) is 0 Å². The van der Waals surface area contributed by atoms with E-state index in [0.29, 0.717) is 34.5 Å². The monoisotopic (exact) mass is 420 g/mol. The molecule has 4 rings (SSSR count). The number of carbonyl (C=O) groups is 2. The fourth-order valence-electron chi connectivity index (χ4n) is 3.72. The smallest absolute Gasteiger partial charge is 0.253 e. The molecule has 0 N–H and O–H groups in total. The standard InChI is InChI=1S/C20H18Cl2N2O2S/c21-15-3-1-14(2-4-15)19(26)23-11-9-20(10-12-23)24(18(25)13-27-20)17-7-5-16(22)6-8-17/h1-8H,9-13H2. The molecule has 0 aliphatic carbocycles. The van der Waals surface area contributed by atoms with Crippen molar-refractivity contribution in [3.63, 3.8) is 0 Å². The van der Waals surface area contributed by atoms with Crippen molar-refractivity contribution in [1.29, 1.82) is 0 Å². The van der Waals surface area contributed by atoms with E-state index in [0.717, 1.165) is 18.5 Å². The summed E-state index contributed by atoms with van der Waals surface area (Å²) in [6, 6.07) is 14.4. The highest BCUT2D eigenvalue weighted by Gasteiger charge is 2.49. The van der Waals surface area contributed by atoms with Gasteiger partial charge in [-0.25, -0.2) is 0 Å². The summed E-state index contributed by atoms with van der Waals surface area (Å²) in [6.45, 7) is 1.23. The van der Waals surface area contributed by atoms with Gasteiger partial charge in [0.15, 0.2) is 0 Å². The van der Waals surface area contributed by atoms with E-state index in [1.54, 1.807) is 48.2 Å². The zero-order valence-electron chi connectivity index (χ0n) is 14.5. The van der Waals surface area contributed by atoms with Crippen molar-refractivity contribution in [3.05, 3.63) is 64.1 Å². The van der Waals surface area contributed by atoms with Crippen LogP contribution in [0.3, 0.4) is 0 Å². The second kappa shape index (κ2) is 7.38. The van der Waals surface area contributed by atoms with Crippen molar-refractivity contribution in [2.24, 2.45) is 0 Å². The molecule has 0 saturated carbocycles. The van der Waals surface area contributed by atoms with Crippen molar-refractivity contribution in [2.75, 3.05) is 23.7 Å². The van der Waals surface area contributed by atoms with Crippen molar-refractivity contribution in [1.82, 2.24) is 4.90 Å². The molecule has 2 aromatic carbocycles. The van der Waals surface area contributed by atoms with Crippen molar-refractivity contribution in [3.8, 4) is 0 Å². The van der Waals surface area contributed by atoms with E-state index in [4.69, 9.17) is 23.2 Å². The number of rotatable bonds is 2. The number of hydrogen-bond acceptors (Lipinski definition) is 3. The van der Waals surface area contributed by atoms with Crippen LogP contribution in [0.1, 0.15) is 23.2 Å². The maximum absolute atomic E-state index is 12.7. The number of likely N-dealkylation sites (tertiary alicyclic amines) is 1. The first-order valence-electron chi connectivity index (χ1n) is 8.76. The van der Waals surface area contributed by atoms with E-state index < -0.39 is 0 Å². The largest absolute Gasteiger partial charge is 0.338 e. The summed E-state index contributed by atoms with van der Waals surface area (Å²) in [5.41, 5.74) is 1.51. The Balaban J connectivity index is 1.51. The van der Waals surface area contributed by atoms with E-state index >= 15 is 0 Å². The van der Waals surface area contributed by atoms with E-state index in [-0.39, 0.29) is 16.7 Å². The molecule has 2 amide bonds. The first-order chi connectivity index (χ1) is 13.0. The molecule has 2 aromatic rings. The Hall–Kier alpha value is -1.69. The summed E-state index contributed by atoms with van der Waals surface area (Å²) in [5, 5.41) is 1.26. The van der Waals surface area contributed by atoms with Gasteiger partial charge in [-0.1, -0.05) is 23.2 Å². The highest BCUT2D eigenvalue weighted by molar-refractivity contribution is 8.02. The van der Waals surface area contributed by atoms with Gasteiger partial charge in [0.2, 0.25) is 5.91 Å². The minimum Gasteiger partial charge on any atom is -0.338 e. The Morgan fingerprint density at radius 2 is 1.48 bits per heavy atom. The van der Waals surface area contributed by atoms with Gasteiger partial charge in [-0.3, -0.25) is 14.5 Å². The molecule has 140 valence electrons. The second-order valence-corrected chi connectivity index (χ2v) is 8.95. The van der Waals surface area contributed by atoms with E-state index in [9.17, 15) is 9.59 Å². The molecule has 0 atom stereocenters. The Morgan fingerprint density at radius 1 is 0.926 bits per heavy atom. The van der Waals surface area contributed by atoms with Crippen molar-refractivity contribution >= 4 is 52.5 Å². The van der Waals surface area contributed by atoms with Crippen LogP contribution < -0.4 is 4.90 Å². The quantitative estimate of drug-likeness (QED) is 0.706. The Bertz CT molecular complexity index is 863. The molecule has 0 bridgehead atoms. The Morgan fingerprint density at radius 3 is 2.07 bits per heavy atom. The molecular formula is C20H18Cl2N2O2S. The van der Waals surface area contributed by atoms with Crippen LogP contribution in [0.25, 0.3) is 0 Å². The van der Waals surface area contributed by atoms with Crippen LogP contribution in [0.15, 0.2) is 48.5 Å². The lowest BCUT2D eigenvalue weighted by molar-refractivity contribution is -0.116. The van der Waals surface area contributed by atoms with Crippen molar-refractivity contribution < 1.29 is 9.59 Å². The number of amides is 2. The number of carbonyl (C=O) groups excluding carboxylic acids is 2. The van der Waals surface area contributed by atoms with Gasteiger partial charge in [0.05, 0.1) is 10.6 Å². The number of halogens is 2. The van der Waals surface area contributed by atoms with Gasteiger partial charge in [-0.15, -0.1) is 11.8 Å². The zero-order valence-corrected chi connectivity index (χ0v) is 16.9. The third-order valence-corrected chi connectivity index (χ3v) is 7.15. The lowest BCUT2D eigenvalue weighted by Gasteiger charge is -2.44. The van der Waals surface area contributed by atoms with Crippen LogP contribution in [-0.4, -0.2) is 40.4 Å². The van der Waals surface area contributed by atoms with Crippen LogP contribution in [-0.2, 0) is 4.79 Å². The van der Waals surface area contributed by atoms with E-state index in [1.807, 2.05) is 21.9 Å². The van der Waals surface area contributed by atoms with Gasteiger partial charge in [0.1, 0.15) is 0 Å². The highest BCUT2D eigenvalue weighted by Crippen LogP contribution is 2.47. The van der Waals surface area contributed by atoms with Gasteiger partial charge < -0.3 is 4.90 Å². The SMILES string of the molecule is O=C(c1ccc(Cl)cc1)N1CCC2(CC1)SCC(=O)N2c1ccc(Cl)cc1. The summed E-state index contributed by atoms with van der Waals surface area (Å²) in [7, 11) is 0. The lowest BCUT2D eigenvalue weighted by Crippen LogP contribution is -2.53. The van der Waals surface area contributed by atoms with Crippen molar-refractivity contribution in [2.45, 2.75) is 17.7 Å². The average molecular weight is 421 g/mol. The molecule has 2 saturated heterocycles. The molecule has 2 aliphatic rings. The van der Waals surface area contributed by atoms with E-state index in [1.165, 1.54) is 0 Å². The van der Waals surface area contributed by atoms with Gasteiger partial charge >= 0.3 is 0 Å². The molecular weight excluding hydrogens is 403 g/mol. The number of nitrogens with zero attached hydrogens (tertiary/aromatic N) is 2. The van der Waals surface area contributed by atoms with Crippen LogP contribution in [0.4, 0.5) is 5.69 Å². The fraction of sp³-hybridized carbons (Fsp3) is 0.300. The molecule has 0 radical (unpaired) electrons. The minimum atomic E-state index is -0.290. The summed E-state index contributed by atoms with van der Waals surface area (Å²) in [6.07, 6.45) is 1.48. The highest BCUT2D eigenvalue weighted by atomic mass is 35.5. The van der Waals surface area contributed by atoms with Crippen LogP contribution in [0.2, 0.25) is 10.0 Å². The summed E-state index contributed by atoms with van der Waals surface area (Å²) in [5.74, 6) is 0.585. The van der Waals surface area contributed by atoms with Crippen LogP contribution in [0, 0.1) is 0 Å². The maximum Gasteiger partial charge on any atom is 0.253 e. The van der Waals surface area contributed by atoms with Gasteiger partial charge in [0, 0.05) is 34.4 Å². The van der Waals surface area contributed by atoms with E-state index in [2.05, 4.69) is 0 Å². The molecule has 1 spiro atoms. The minimum absolute atomic E-state index is 0.00823. The predicted octanol–water partition coefficient (Wildman–Crippen LogP) is 4.71. The second-order valence-electron chi connectivity index (χ2n) is 6.74. The normalized spacial score (nSPS) is 19.0. The van der Waals surface area contributed by atoms with Gasteiger partial charge in [-0.05, 0) is 61.4 Å². The molecule has 2 fully saturated rings. The third kappa shape index (κ3) is 3.56. The molecule has 2 aliphatic heterocycles. The van der Waals surface area contributed by atoms with Crippen LogP contribution >= 0.6 is 35.0 Å². The first kappa shape index (κ1) is 18.7. The summed E-state index contributed by atoms with van der Waals surface area (Å²) < 4.78 is 0. The molecule has 27 heavy (non-hydrogen) atoms. The molecule has 0 unspecified atom stereocenters. The predicted molar refractivity (Wildman–Crippen MR) is 111 cm³/mol. The fourth-order valence-corrected chi connectivity index (χ4v) is 5.30. The van der Waals surface area contributed by atoms with Gasteiger partial charge in [0.25, 0.3) is 5.91 Å². The Kier molecular flexibility index (Phi) is 5.10. The number of benzene rings is 2. The molecule has 7 heteroatoms. The number of piperidine rings is 1. The average Bonchev–Trinajstić information content (AvgIpc) is 2.99. The Labute approximate surface area is 172 Å². The third-order valence-electron chi connectivity index (χ3n) is 5.13. The first-order valence-corrected chi connectivity index (χ1v) is 10.5. The summed E-state index contributed by atoms with van der Waals surface area (Å²) >= 11 is 13.6. The molecule has 2 heterocycles. The molecule has 4 nitrogen and oxygen atoms in total. The maximum atomic E-state index is 12.7. The molecule has 0 aromatic heterocycles. The topological polar surface area (TPSA) is 40.6 Å². The number of thioether (sulfide) groups is 1. The number of anilines is 1. The zero-order chi connectivity index (χ0) is 19.0. The lowest BCUT2D eigenvalue weighted by atomic mass is 10.00.